The van der Waals surface area contributed by atoms with E-state index in [1.807, 2.05) is 0 Å². The second kappa shape index (κ2) is 6.21. The normalized spacial score (nSPS) is 12.9. The molecule has 0 amide bonds. The van der Waals surface area contributed by atoms with Crippen molar-refractivity contribution in [2.45, 2.75) is 17.2 Å². The van der Waals surface area contributed by atoms with E-state index in [0.717, 1.165) is 18.2 Å². The van der Waals surface area contributed by atoms with Crippen molar-refractivity contribution < 1.29 is 39.2 Å². The van der Waals surface area contributed by atoms with E-state index in [1.165, 1.54) is 0 Å². The first kappa shape index (κ1) is 19.0. The lowest BCUT2D eigenvalue weighted by atomic mass is 10.1. The van der Waals surface area contributed by atoms with Crippen LogP contribution < -0.4 is 4.72 Å². The zero-order valence-corrected chi connectivity index (χ0v) is 12.7. The van der Waals surface area contributed by atoms with Crippen LogP contribution in [0.15, 0.2) is 47.4 Å². The molecule has 0 aromatic heterocycles. The highest BCUT2D eigenvalue weighted by atomic mass is 32.2. The lowest BCUT2D eigenvalue weighted by molar-refractivity contribution is -0.143. The predicted molar refractivity (Wildman–Crippen MR) is 73.7 cm³/mol. The summed E-state index contributed by atoms with van der Waals surface area (Å²) in [6.07, 6.45) is -10.2. The molecule has 0 aliphatic rings. The first-order valence-corrected chi connectivity index (χ1v) is 7.85. The van der Waals surface area contributed by atoms with Crippen molar-refractivity contribution in [3.8, 4) is 0 Å². The van der Waals surface area contributed by atoms with Gasteiger partial charge in [-0.05, 0) is 36.4 Å². The maximum absolute atomic E-state index is 13.1. The minimum absolute atomic E-state index is 0.139. The van der Waals surface area contributed by atoms with Crippen molar-refractivity contribution in [3.05, 3.63) is 59.4 Å². The van der Waals surface area contributed by atoms with Gasteiger partial charge < -0.3 is 0 Å². The van der Waals surface area contributed by atoms with Gasteiger partial charge in [-0.25, -0.2) is 12.8 Å². The summed E-state index contributed by atoms with van der Waals surface area (Å²) in [6, 6.07) is 3.74. The first-order valence-electron chi connectivity index (χ1n) is 6.37. The molecule has 136 valence electrons. The van der Waals surface area contributed by atoms with Crippen LogP contribution in [0.5, 0.6) is 0 Å². The zero-order chi connectivity index (χ0) is 19.0. The van der Waals surface area contributed by atoms with Crippen LogP contribution in [0.1, 0.15) is 11.1 Å². The highest BCUT2D eigenvalue weighted by Gasteiger charge is 2.37. The molecule has 2 aromatic carbocycles. The van der Waals surface area contributed by atoms with Gasteiger partial charge in [-0.15, -0.1) is 0 Å². The van der Waals surface area contributed by atoms with Gasteiger partial charge >= 0.3 is 12.4 Å². The Bertz CT molecular complexity index is 857. The van der Waals surface area contributed by atoms with Gasteiger partial charge in [0.15, 0.2) is 0 Å². The Balaban J connectivity index is 2.52. The molecule has 0 atom stereocenters. The average molecular weight is 387 g/mol. The molecule has 25 heavy (non-hydrogen) atoms. The summed E-state index contributed by atoms with van der Waals surface area (Å²) in [5.41, 5.74) is -4.31. The van der Waals surface area contributed by atoms with Crippen LogP contribution >= 0.6 is 0 Å². The highest BCUT2D eigenvalue weighted by Crippen LogP contribution is 2.37. The number of hydrogen-bond acceptors (Lipinski definition) is 2. The molecule has 0 aliphatic heterocycles. The monoisotopic (exact) mass is 387 g/mol. The maximum Gasteiger partial charge on any atom is 0.416 e. The summed E-state index contributed by atoms with van der Waals surface area (Å²) in [4.78, 5) is -0.654. The average Bonchev–Trinajstić information content (AvgIpc) is 2.44. The lowest BCUT2D eigenvalue weighted by Crippen LogP contribution is -2.16. The molecule has 0 radical (unpaired) electrons. The van der Waals surface area contributed by atoms with Gasteiger partial charge in [-0.3, -0.25) is 4.72 Å². The van der Waals surface area contributed by atoms with Crippen LogP contribution in [0.2, 0.25) is 0 Å². The molecular weight excluding hydrogens is 379 g/mol. The van der Waals surface area contributed by atoms with Crippen molar-refractivity contribution in [3.63, 3.8) is 0 Å². The molecule has 0 saturated carbocycles. The quantitative estimate of drug-likeness (QED) is 0.779. The van der Waals surface area contributed by atoms with Crippen molar-refractivity contribution in [2.24, 2.45) is 0 Å². The molecule has 1 N–H and O–H groups in total. The summed E-state index contributed by atoms with van der Waals surface area (Å²) in [7, 11) is -4.59. The van der Waals surface area contributed by atoms with Crippen LogP contribution in [0.25, 0.3) is 0 Å². The third kappa shape index (κ3) is 4.62. The first-order chi connectivity index (χ1) is 11.3. The summed E-state index contributed by atoms with van der Waals surface area (Å²) in [6.45, 7) is 0. The molecule has 0 aliphatic carbocycles. The Morgan fingerprint density at radius 2 is 1.32 bits per heavy atom. The van der Waals surface area contributed by atoms with E-state index in [2.05, 4.69) is 0 Å². The predicted octanol–water partition coefficient (Wildman–Crippen LogP) is 4.66. The van der Waals surface area contributed by atoms with E-state index in [9.17, 15) is 39.2 Å². The summed E-state index contributed by atoms with van der Waals surface area (Å²) in [5.74, 6) is -0.942. The highest BCUT2D eigenvalue weighted by molar-refractivity contribution is 7.92. The largest absolute Gasteiger partial charge is 0.416 e. The van der Waals surface area contributed by atoms with E-state index in [4.69, 9.17) is 0 Å². The Labute approximate surface area is 137 Å². The molecular formula is C14H8F7NO2S. The Hall–Kier alpha value is -2.30. The number of hydrogen-bond donors (Lipinski definition) is 1. The van der Waals surface area contributed by atoms with Gasteiger partial charge in [0.05, 0.1) is 21.7 Å². The van der Waals surface area contributed by atoms with Gasteiger partial charge in [-0.1, -0.05) is 6.07 Å². The molecule has 11 heteroatoms. The maximum atomic E-state index is 13.1. The molecule has 0 unspecified atom stereocenters. The summed E-state index contributed by atoms with van der Waals surface area (Å²) < 4.78 is 115. The van der Waals surface area contributed by atoms with Crippen LogP contribution in [-0.2, 0) is 22.4 Å². The van der Waals surface area contributed by atoms with E-state index >= 15 is 0 Å². The van der Waals surface area contributed by atoms with Crippen molar-refractivity contribution >= 4 is 15.7 Å². The van der Waals surface area contributed by atoms with Crippen molar-refractivity contribution in [1.29, 1.82) is 0 Å². The fourth-order valence-corrected chi connectivity index (χ4v) is 2.93. The fraction of sp³-hybridized carbons (Fsp3) is 0.143. The molecule has 0 fully saturated rings. The zero-order valence-electron chi connectivity index (χ0n) is 11.9. The number of nitrogens with one attached hydrogen (secondary N) is 1. The SMILES string of the molecule is O=S(=O)(Nc1cc(C(F)(F)F)cc(C(F)(F)F)c1)c1cccc(F)c1. The second-order valence-corrected chi connectivity index (χ2v) is 6.54. The van der Waals surface area contributed by atoms with E-state index < -0.39 is 49.9 Å². The Morgan fingerprint density at radius 1 is 0.800 bits per heavy atom. The van der Waals surface area contributed by atoms with Gasteiger partial charge in [0.2, 0.25) is 0 Å². The molecule has 0 saturated heterocycles. The molecule has 2 rings (SSSR count). The van der Waals surface area contributed by atoms with Gasteiger partial charge in [0.25, 0.3) is 10.0 Å². The third-order valence-corrected chi connectivity index (χ3v) is 4.33. The smallest absolute Gasteiger partial charge is 0.280 e. The number of sulfonamides is 1. The molecule has 0 heterocycles. The summed E-state index contributed by atoms with van der Waals surface area (Å²) in [5, 5.41) is 0. The van der Waals surface area contributed by atoms with E-state index in [0.29, 0.717) is 6.07 Å². The Kier molecular flexibility index (Phi) is 4.73. The van der Waals surface area contributed by atoms with Gasteiger partial charge in [0, 0.05) is 0 Å². The fourth-order valence-electron chi connectivity index (χ4n) is 1.86. The van der Waals surface area contributed by atoms with Crippen molar-refractivity contribution in [1.82, 2.24) is 0 Å². The number of alkyl halides is 6. The van der Waals surface area contributed by atoms with Crippen LogP contribution in [0, 0.1) is 5.82 Å². The number of benzene rings is 2. The van der Waals surface area contributed by atoms with Gasteiger partial charge in [-0.2, -0.15) is 26.3 Å². The second-order valence-electron chi connectivity index (χ2n) is 4.86. The number of halogens is 7. The minimum Gasteiger partial charge on any atom is -0.280 e. The Morgan fingerprint density at radius 3 is 1.76 bits per heavy atom. The van der Waals surface area contributed by atoms with Crippen LogP contribution in [0.3, 0.4) is 0 Å². The van der Waals surface area contributed by atoms with Crippen molar-refractivity contribution in [2.75, 3.05) is 4.72 Å². The number of rotatable bonds is 3. The minimum atomic E-state index is -5.12. The lowest BCUT2D eigenvalue weighted by Gasteiger charge is -2.15. The standard InChI is InChI=1S/C14H8F7NO2S/c15-10-2-1-3-12(7-10)25(23,24)22-11-5-8(13(16,17)18)4-9(6-11)14(19,20)21/h1-7,22H. The van der Waals surface area contributed by atoms with Gasteiger partial charge in [0.1, 0.15) is 5.82 Å². The molecule has 0 bridgehead atoms. The molecule has 3 nitrogen and oxygen atoms in total. The summed E-state index contributed by atoms with van der Waals surface area (Å²) >= 11 is 0. The topological polar surface area (TPSA) is 46.2 Å². The number of anilines is 1. The van der Waals surface area contributed by atoms with Crippen LogP contribution in [-0.4, -0.2) is 8.42 Å². The molecule has 0 spiro atoms. The van der Waals surface area contributed by atoms with E-state index in [-0.39, 0.29) is 18.2 Å². The molecule has 2 aromatic rings. The van der Waals surface area contributed by atoms with Crippen LogP contribution in [0.4, 0.5) is 36.4 Å². The third-order valence-electron chi connectivity index (χ3n) is 2.95. The van der Waals surface area contributed by atoms with E-state index in [1.54, 1.807) is 4.72 Å².